The van der Waals surface area contributed by atoms with Crippen molar-refractivity contribution in [1.82, 2.24) is 0 Å². The molecule has 0 saturated carbocycles. The third kappa shape index (κ3) is 2.96. The van der Waals surface area contributed by atoms with Gasteiger partial charge >= 0.3 is 5.97 Å². The first kappa shape index (κ1) is 12.5. The lowest BCUT2D eigenvalue weighted by Gasteiger charge is -2.10. The number of primary amides is 1. The van der Waals surface area contributed by atoms with Crippen LogP contribution in [-0.4, -0.2) is 25.5 Å². The lowest BCUT2D eigenvalue weighted by Crippen LogP contribution is -2.19. The summed E-state index contributed by atoms with van der Waals surface area (Å²) in [6.07, 6.45) is 0. The van der Waals surface area contributed by atoms with Crippen LogP contribution in [0.4, 0.5) is 5.69 Å². The molecule has 0 spiro atoms. The summed E-state index contributed by atoms with van der Waals surface area (Å²) in [5, 5.41) is 2.78. The van der Waals surface area contributed by atoms with Gasteiger partial charge in [0.05, 0.1) is 12.7 Å². The van der Waals surface area contributed by atoms with Gasteiger partial charge in [-0.25, -0.2) is 0 Å². The second-order valence-corrected chi connectivity index (χ2v) is 3.81. The minimum atomic E-state index is -0.570. The summed E-state index contributed by atoms with van der Waals surface area (Å²) in [7, 11) is 1.29. The molecule has 0 fully saturated rings. The van der Waals surface area contributed by atoms with Gasteiger partial charge in [-0.2, -0.15) is 0 Å². The third-order valence-corrected chi connectivity index (χ3v) is 2.57. The van der Waals surface area contributed by atoms with E-state index in [0.717, 1.165) is 0 Å². The van der Waals surface area contributed by atoms with Crippen LogP contribution < -0.4 is 11.1 Å². The van der Waals surface area contributed by atoms with E-state index in [2.05, 4.69) is 26.0 Å². The highest BCUT2D eigenvalue weighted by Crippen LogP contribution is 2.24. The van der Waals surface area contributed by atoms with E-state index in [4.69, 9.17) is 5.73 Å². The Bertz CT molecular complexity index is 421. The van der Waals surface area contributed by atoms with E-state index in [1.165, 1.54) is 7.11 Å². The predicted octanol–water partition coefficient (Wildman–Crippen LogP) is 1.13. The van der Waals surface area contributed by atoms with Crippen molar-refractivity contribution in [2.45, 2.75) is 0 Å². The first-order valence-electron chi connectivity index (χ1n) is 4.45. The highest BCUT2D eigenvalue weighted by molar-refractivity contribution is 9.10. The summed E-state index contributed by atoms with van der Waals surface area (Å²) in [5.41, 5.74) is 6.03. The molecule has 6 heteroatoms. The first-order chi connectivity index (χ1) is 7.56. The maximum Gasteiger partial charge on any atom is 0.325 e. The molecule has 3 N–H and O–H groups in total. The molecule has 1 aromatic carbocycles. The zero-order valence-corrected chi connectivity index (χ0v) is 10.2. The molecular formula is C10H11BrN2O3. The van der Waals surface area contributed by atoms with Crippen molar-refractivity contribution in [1.29, 1.82) is 0 Å². The zero-order chi connectivity index (χ0) is 12.1. The fraction of sp³-hybridized carbons (Fsp3) is 0.200. The van der Waals surface area contributed by atoms with Gasteiger partial charge in [0.1, 0.15) is 6.54 Å². The molecule has 5 nitrogen and oxygen atoms in total. The molecule has 0 radical (unpaired) electrons. The number of methoxy groups -OCH3 is 1. The van der Waals surface area contributed by atoms with Gasteiger partial charge in [0, 0.05) is 10.2 Å². The van der Waals surface area contributed by atoms with Crippen molar-refractivity contribution in [3.8, 4) is 0 Å². The van der Waals surface area contributed by atoms with Crippen molar-refractivity contribution in [2.24, 2.45) is 5.73 Å². The van der Waals surface area contributed by atoms with Gasteiger partial charge < -0.3 is 15.8 Å². The number of rotatable bonds is 4. The Morgan fingerprint density at radius 3 is 2.75 bits per heavy atom. The Morgan fingerprint density at radius 1 is 1.50 bits per heavy atom. The van der Waals surface area contributed by atoms with Gasteiger partial charge in [-0.15, -0.1) is 0 Å². The minimum Gasteiger partial charge on any atom is -0.468 e. The van der Waals surface area contributed by atoms with Crippen LogP contribution in [0.15, 0.2) is 22.7 Å². The summed E-state index contributed by atoms with van der Waals surface area (Å²) < 4.78 is 5.05. The largest absolute Gasteiger partial charge is 0.468 e. The summed E-state index contributed by atoms with van der Waals surface area (Å²) in [6.45, 7) is -0.0206. The zero-order valence-electron chi connectivity index (χ0n) is 8.62. The number of nitrogens with two attached hydrogens (primary N) is 1. The molecular weight excluding hydrogens is 276 g/mol. The number of ether oxygens (including phenoxy) is 1. The number of benzene rings is 1. The van der Waals surface area contributed by atoms with Gasteiger partial charge in [-0.3, -0.25) is 9.59 Å². The van der Waals surface area contributed by atoms with Crippen molar-refractivity contribution in [3.63, 3.8) is 0 Å². The molecule has 0 aliphatic carbocycles. The number of carbonyl (C=O) groups excluding carboxylic acids is 2. The van der Waals surface area contributed by atoms with E-state index in [0.29, 0.717) is 15.7 Å². The first-order valence-corrected chi connectivity index (χ1v) is 5.24. The molecule has 0 saturated heterocycles. The molecule has 0 heterocycles. The number of nitrogens with one attached hydrogen (secondary N) is 1. The lowest BCUT2D eigenvalue weighted by molar-refractivity contribution is -0.138. The fourth-order valence-corrected chi connectivity index (χ4v) is 1.72. The van der Waals surface area contributed by atoms with Crippen LogP contribution in [0.3, 0.4) is 0 Å². The van der Waals surface area contributed by atoms with Gasteiger partial charge in [0.25, 0.3) is 5.91 Å². The van der Waals surface area contributed by atoms with Gasteiger partial charge in [0.15, 0.2) is 0 Å². The lowest BCUT2D eigenvalue weighted by atomic mass is 10.1. The van der Waals surface area contributed by atoms with Gasteiger partial charge in [-0.1, -0.05) is 6.07 Å². The van der Waals surface area contributed by atoms with E-state index >= 15 is 0 Å². The number of esters is 1. The predicted molar refractivity (Wildman–Crippen MR) is 63.2 cm³/mol. The van der Waals surface area contributed by atoms with Crippen molar-refractivity contribution in [2.75, 3.05) is 19.0 Å². The maximum atomic E-state index is 11.2. The molecule has 0 aliphatic rings. The highest BCUT2D eigenvalue weighted by atomic mass is 79.9. The second kappa shape index (κ2) is 5.50. The molecule has 16 heavy (non-hydrogen) atoms. The molecule has 0 aliphatic heterocycles. The Balaban J connectivity index is 2.91. The molecule has 86 valence electrons. The summed E-state index contributed by atoms with van der Waals surface area (Å²) >= 11 is 3.21. The maximum absolute atomic E-state index is 11.2. The molecule has 1 aromatic rings. The van der Waals surface area contributed by atoms with Crippen LogP contribution in [0.1, 0.15) is 10.4 Å². The van der Waals surface area contributed by atoms with Crippen LogP contribution >= 0.6 is 15.9 Å². The summed E-state index contributed by atoms with van der Waals surface area (Å²) in [5.74, 6) is -0.991. The number of hydrogen-bond acceptors (Lipinski definition) is 4. The summed E-state index contributed by atoms with van der Waals surface area (Å²) in [6, 6.07) is 5.09. The molecule has 0 bridgehead atoms. The van der Waals surface area contributed by atoms with E-state index < -0.39 is 11.9 Å². The normalized spacial score (nSPS) is 9.62. The number of amides is 1. The Labute approximate surface area is 101 Å². The molecule has 1 rings (SSSR count). The van der Waals surface area contributed by atoms with E-state index in [-0.39, 0.29) is 6.54 Å². The van der Waals surface area contributed by atoms with E-state index in [9.17, 15) is 9.59 Å². The SMILES string of the molecule is COC(=O)CNc1cccc(Br)c1C(N)=O. The quantitative estimate of drug-likeness (QED) is 0.813. The monoisotopic (exact) mass is 286 g/mol. The van der Waals surface area contributed by atoms with Crippen LogP contribution in [0, 0.1) is 0 Å². The minimum absolute atomic E-state index is 0.0206. The third-order valence-electron chi connectivity index (χ3n) is 1.91. The molecule has 0 unspecified atom stereocenters. The van der Waals surface area contributed by atoms with Crippen LogP contribution in [0.25, 0.3) is 0 Å². The number of hydrogen-bond donors (Lipinski definition) is 2. The Hall–Kier alpha value is -1.56. The summed E-state index contributed by atoms with van der Waals surface area (Å²) in [4.78, 5) is 22.1. The Kier molecular flexibility index (Phi) is 4.30. The topological polar surface area (TPSA) is 81.4 Å². The smallest absolute Gasteiger partial charge is 0.325 e. The highest BCUT2D eigenvalue weighted by Gasteiger charge is 2.12. The molecule has 1 amide bonds. The van der Waals surface area contributed by atoms with Crippen molar-refractivity contribution in [3.05, 3.63) is 28.2 Å². The number of halogens is 1. The number of anilines is 1. The van der Waals surface area contributed by atoms with Gasteiger partial charge in [0.2, 0.25) is 0 Å². The average molecular weight is 287 g/mol. The average Bonchev–Trinajstić information content (AvgIpc) is 2.25. The van der Waals surface area contributed by atoms with Crippen molar-refractivity contribution >= 4 is 33.5 Å². The fourth-order valence-electron chi connectivity index (χ4n) is 1.16. The molecule has 0 atom stereocenters. The number of carbonyl (C=O) groups is 2. The van der Waals surface area contributed by atoms with Crippen molar-refractivity contribution < 1.29 is 14.3 Å². The molecule has 0 aromatic heterocycles. The standard InChI is InChI=1S/C10H11BrN2O3/c1-16-8(14)5-13-7-4-2-3-6(11)9(7)10(12)15/h2-4,13H,5H2,1H3,(H2,12,15). The second-order valence-electron chi connectivity index (χ2n) is 2.96. The Morgan fingerprint density at radius 2 is 2.19 bits per heavy atom. The van der Waals surface area contributed by atoms with Crippen LogP contribution in [0.5, 0.6) is 0 Å². The van der Waals surface area contributed by atoms with Crippen LogP contribution in [0.2, 0.25) is 0 Å². The van der Waals surface area contributed by atoms with Crippen LogP contribution in [-0.2, 0) is 9.53 Å². The van der Waals surface area contributed by atoms with Gasteiger partial charge in [-0.05, 0) is 28.1 Å². The van der Waals surface area contributed by atoms with E-state index in [1.807, 2.05) is 0 Å². The van der Waals surface area contributed by atoms with E-state index in [1.54, 1.807) is 18.2 Å².